The lowest BCUT2D eigenvalue weighted by Gasteiger charge is -2.31. The molecule has 0 radical (unpaired) electrons. The largest absolute Gasteiger partial charge is 0.330 e. The molecule has 1 aliphatic heterocycles. The molecular weight excluding hydrogens is 298 g/mol. The summed E-state index contributed by atoms with van der Waals surface area (Å²) in [6.45, 7) is 1.05. The van der Waals surface area contributed by atoms with Gasteiger partial charge in [-0.3, -0.25) is 4.79 Å². The zero-order valence-corrected chi connectivity index (χ0v) is 13.2. The molecule has 1 aromatic heterocycles. The van der Waals surface area contributed by atoms with Gasteiger partial charge >= 0.3 is 0 Å². The Balaban J connectivity index is 1.72. The van der Waals surface area contributed by atoms with E-state index in [9.17, 15) is 4.79 Å². The number of carbonyl (C=O) groups excluding carboxylic acids is 1. The number of fused-ring (bicyclic) bond motifs is 1. The van der Waals surface area contributed by atoms with Crippen molar-refractivity contribution in [2.24, 2.45) is 0 Å². The lowest BCUT2D eigenvalue weighted by Crippen LogP contribution is -3.10. The van der Waals surface area contributed by atoms with Gasteiger partial charge in [0.2, 0.25) is 5.91 Å². The molecular formula is C17H19ClN3O+. The molecule has 2 atom stereocenters. The van der Waals surface area contributed by atoms with Gasteiger partial charge in [0.15, 0.2) is 0 Å². The molecule has 1 aromatic carbocycles. The smallest absolute Gasteiger partial charge is 0.231 e. The summed E-state index contributed by atoms with van der Waals surface area (Å²) in [5.74, 6) is 0.520. The van der Waals surface area contributed by atoms with E-state index in [2.05, 4.69) is 35.5 Å². The summed E-state index contributed by atoms with van der Waals surface area (Å²) in [6.07, 6.45) is 3.05. The van der Waals surface area contributed by atoms with Crippen LogP contribution in [0.5, 0.6) is 0 Å². The van der Waals surface area contributed by atoms with Crippen LogP contribution in [-0.4, -0.2) is 24.5 Å². The molecule has 1 amide bonds. The first-order valence-corrected chi connectivity index (χ1v) is 7.83. The number of halogens is 1. The molecule has 3 rings (SSSR count). The van der Waals surface area contributed by atoms with Crippen molar-refractivity contribution < 1.29 is 9.69 Å². The van der Waals surface area contributed by atoms with E-state index in [1.165, 1.54) is 22.2 Å². The maximum atomic E-state index is 12.3. The van der Waals surface area contributed by atoms with Crippen LogP contribution in [0.2, 0.25) is 5.02 Å². The van der Waals surface area contributed by atoms with Crippen LogP contribution in [0, 0.1) is 0 Å². The second-order valence-electron chi connectivity index (χ2n) is 5.71. The van der Waals surface area contributed by atoms with Gasteiger partial charge in [0, 0.05) is 18.2 Å². The normalized spacial score (nSPS) is 20.3. The average Bonchev–Trinajstić information content (AvgIpc) is 2.52. The maximum Gasteiger partial charge on any atom is 0.231 e. The molecule has 0 aliphatic carbocycles. The number of aromatic nitrogens is 1. The van der Waals surface area contributed by atoms with Gasteiger partial charge in [-0.05, 0) is 17.7 Å². The van der Waals surface area contributed by atoms with E-state index in [1.807, 2.05) is 6.07 Å². The van der Waals surface area contributed by atoms with Crippen molar-refractivity contribution in [3.05, 3.63) is 58.7 Å². The van der Waals surface area contributed by atoms with Crippen LogP contribution in [0.3, 0.4) is 0 Å². The van der Waals surface area contributed by atoms with Crippen LogP contribution >= 0.6 is 11.6 Å². The SMILES string of the molecule is C[NH+]1CCc2ccccc2[C@@H]1CC(=O)Nc1ccc(Cl)cn1. The molecule has 1 aliphatic rings. The van der Waals surface area contributed by atoms with Crippen molar-refractivity contribution in [2.45, 2.75) is 18.9 Å². The van der Waals surface area contributed by atoms with Crippen molar-refractivity contribution >= 4 is 23.3 Å². The quantitative estimate of drug-likeness (QED) is 0.908. The Kier molecular flexibility index (Phi) is 4.41. The number of anilines is 1. The Morgan fingerprint density at radius 1 is 1.36 bits per heavy atom. The molecule has 2 aromatic rings. The number of hydrogen-bond donors (Lipinski definition) is 2. The molecule has 5 heteroatoms. The van der Waals surface area contributed by atoms with E-state index in [0.29, 0.717) is 17.3 Å². The van der Waals surface area contributed by atoms with Gasteiger partial charge in [-0.25, -0.2) is 4.98 Å². The topological polar surface area (TPSA) is 46.4 Å². The molecule has 2 heterocycles. The highest BCUT2D eigenvalue weighted by Crippen LogP contribution is 2.22. The van der Waals surface area contributed by atoms with E-state index < -0.39 is 0 Å². The second-order valence-corrected chi connectivity index (χ2v) is 6.15. The van der Waals surface area contributed by atoms with Crippen LogP contribution in [0.1, 0.15) is 23.6 Å². The maximum absolute atomic E-state index is 12.3. The monoisotopic (exact) mass is 316 g/mol. The average molecular weight is 317 g/mol. The number of pyridine rings is 1. The fourth-order valence-corrected chi connectivity index (χ4v) is 3.10. The third kappa shape index (κ3) is 3.29. The fraction of sp³-hybridized carbons (Fsp3) is 0.294. The minimum atomic E-state index is -0.0177. The summed E-state index contributed by atoms with van der Waals surface area (Å²) in [4.78, 5) is 17.8. The summed E-state index contributed by atoms with van der Waals surface area (Å²) >= 11 is 5.80. The lowest BCUT2D eigenvalue weighted by atomic mass is 9.91. The first-order chi connectivity index (χ1) is 10.6. The summed E-state index contributed by atoms with van der Waals surface area (Å²) in [5.41, 5.74) is 2.64. The Morgan fingerprint density at radius 3 is 2.95 bits per heavy atom. The number of likely N-dealkylation sites (N-methyl/N-ethyl adjacent to an activating group) is 1. The molecule has 0 saturated heterocycles. The van der Waals surface area contributed by atoms with Crippen molar-refractivity contribution in [2.75, 3.05) is 18.9 Å². The van der Waals surface area contributed by atoms with E-state index in [4.69, 9.17) is 11.6 Å². The van der Waals surface area contributed by atoms with Gasteiger partial charge in [-0.1, -0.05) is 35.9 Å². The van der Waals surface area contributed by atoms with Crippen LogP contribution in [0.15, 0.2) is 42.6 Å². The zero-order chi connectivity index (χ0) is 15.5. The Bertz CT molecular complexity index is 672. The standard InChI is InChI=1S/C17H18ClN3O/c1-21-9-8-12-4-2-3-5-14(12)15(21)10-17(22)20-16-7-6-13(18)11-19-16/h2-7,11,15H,8-10H2,1H3,(H,19,20,22)/p+1/t15-/m0/s1. The summed E-state index contributed by atoms with van der Waals surface area (Å²) in [6, 6.07) is 12.0. The predicted octanol–water partition coefficient (Wildman–Crippen LogP) is 1.88. The fourth-order valence-electron chi connectivity index (χ4n) is 2.99. The Morgan fingerprint density at radius 2 is 2.18 bits per heavy atom. The minimum absolute atomic E-state index is 0.0177. The lowest BCUT2D eigenvalue weighted by molar-refractivity contribution is -0.914. The van der Waals surface area contributed by atoms with Crippen LogP contribution < -0.4 is 10.2 Å². The molecule has 0 fully saturated rings. The zero-order valence-electron chi connectivity index (χ0n) is 12.5. The summed E-state index contributed by atoms with van der Waals surface area (Å²) in [5, 5.41) is 3.40. The highest BCUT2D eigenvalue weighted by Gasteiger charge is 2.29. The number of amides is 1. The molecule has 4 nitrogen and oxygen atoms in total. The third-order valence-electron chi connectivity index (χ3n) is 4.20. The Labute approximate surface area is 135 Å². The van der Waals surface area contributed by atoms with Gasteiger partial charge in [-0.15, -0.1) is 0 Å². The third-order valence-corrected chi connectivity index (χ3v) is 4.42. The van der Waals surface area contributed by atoms with Crippen molar-refractivity contribution in [3.63, 3.8) is 0 Å². The van der Waals surface area contributed by atoms with Gasteiger partial charge in [0.05, 0.1) is 25.0 Å². The van der Waals surface area contributed by atoms with E-state index in [-0.39, 0.29) is 11.9 Å². The molecule has 1 unspecified atom stereocenters. The van der Waals surface area contributed by atoms with Crippen LogP contribution in [-0.2, 0) is 11.2 Å². The molecule has 0 bridgehead atoms. The molecule has 114 valence electrons. The number of benzene rings is 1. The first-order valence-electron chi connectivity index (χ1n) is 7.45. The van der Waals surface area contributed by atoms with E-state index in [0.717, 1.165) is 13.0 Å². The van der Waals surface area contributed by atoms with Crippen molar-refractivity contribution in [3.8, 4) is 0 Å². The van der Waals surface area contributed by atoms with Gasteiger partial charge < -0.3 is 10.2 Å². The van der Waals surface area contributed by atoms with Gasteiger partial charge in [-0.2, -0.15) is 0 Å². The molecule has 2 N–H and O–H groups in total. The molecule has 22 heavy (non-hydrogen) atoms. The van der Waals surface area contributed by atoms with Crippen molar-refractivity contribution in [1.29, 1.82) is 0 Å². The molecule has 0 saturated carbocycles. The highest BCUT2D eigenvalue weighted by atomic mass is 35.5. The molecule has 0 spiro atoms. The van der Waals surface area contributed by atoms with Crippen LogP contribution in [0.25, 0.3) is 0 Å². The number of nitrogens with zero attached hydrogens (tertiary/aromatic N) is 1. The summed E-state index contributed by atoms with van der Waals surface area (Å²) < 4.78 is 0. The van der Waals surface area contributed by atoms with E-state index in [1.54, 1.807) is 12.1 Å². The number of nitrogens with one attached hydrogen (secondary N) is 2. The van der Waals surface area contributed by atoms with E-state index >= 15 is 0 Å². The second kappa shape index (κ2) is 6.46. The van der Waals surface area contributed by atoms with Gasteiger partial charge in [0.1, 0.15) is 11.9 Å². The first kappa shape index (κ1) is 15.0. The highest BCUT2D eigenvalue weighted by molar-refractivity contribution is 6.30. The number of quaternary nitrogens is 1. The van der Waals surface area contributed by atoms with Crippen molar-refractivity contribution in [1.82, 2.24) is 4.98 Å². The van der Waals surface area contributed by atoms with Crippen LogP contribution in [0.4, 0.5) is 5.82 Å². The Hall–Kier alpha value is -1.91. The predicted molar refractivity (Wildman–Crippen MR) is 87.1 cm³/mol. The number of hydrogen-bond acceptors (Lipinski definition) is 2. The van der Waals surface area contributed by atoms with Gasteiger partial charge in [0.25, 0.3) is 0 Å². The number of carbonyl (C=O) groups is 1. The number of rotatable bonds is 3. The summed E-state index contributed by atoms with van der Waals surface area (Å²) in [7, 11) is 2.15. The minimum Gasteiger partial charge on any atom is -0.330 e.